The lowest BCUT2D eigenvalue weighted by Gasteiger charge is -2.38. The fourth-order valence-corrected chi connectivity index (χ4v) is 3.52. The molecule has 3 rings (SSSR count). The molecule has 0 amide bonds. The van der Waals surface area contributed by atoms with Crippen molar-refractivity contribution in [2.75, 3.05) is 20.1 Å². The summed E-state index contributed by atoms with van der Waals surface area (Å²) in [5.74, 6) is 0. The van der Waals surface area contributed by atoms with Crippen LogP contribution in [0, 0.1) is 6.92 Å². The normalized spacial score (nSPS) is 18.0. The number of likely N-dealkylation sites (tertiary alicyclic amines) is 1. The number of benzene rings is 2. The Morgan fingerprint density at radius 1 is 0.826 bits per heavy atom. The van der Waals surface area contributed by atoms with Gasteiger partial charge in [0.25, 0.3) is 0 Å². The number of hydrogen-bond acceptors (Lipinski definition) is 1. The van der Waals surface area contributed by atoms with Gasteiger partial charge in [0.1, 0.15) is 0 Å². The van der Waals surface area contributed by atoms with Crippen LogP contribution in [0.2, 0.25) is 0 Å². The molecule has 2 aromatic carbocycles. The van der Waals surface area contributed by atoms with Crippen molar-refractivity contribution in [3.05, 3.63) is 70.8 Å². The van der Waals surface area contributed by atoms with Crippen molar-refractivity contribution in [1.29, 1.82) is 0 Å². The van der Waals surface area contributed by atoms with E-state index in [2.05, 4.69) is 74.3 Å². The Bertz CT molecular complexity index is 616. The zero-order valence-electron chi connectivity index (χ0n) is 14.8. The van der Waals surface area contributed by atoms with Crippen LogP contribution >= 0.6 is 0 Å². The predicted octanol–water partition coefficient (Wildman–Crippen LogP) is 4.76. The smallest absolute Gasteiger partial charge is 0.00134 e. The third-order valence-electron chi connectivity index (χ3n) is 5.56. The van der Waals surface area contributed by atoms with E-state index in [0.29, 0.717) is 5.41 Å². The minimum Gasteiger partial charge on any atom is -0.306 e. The summed E-state index contributed by atoms with van der Waals surface area (Å²) >= 11 is 0. The van der Waals surface area contributed by atoms with E-state index in [1.807, 2.05) is 0 Å². The molecule has 2 aromatic rings. The molecule has 1 heterocycles. The molecule has 1 nitrogen and oxygen atoms in total. The quantitative estimate of drug-likeness (QED) is 0.787. The van der Waals surface area contributed by atoms with Gasteiger partial charge in [-0.2, -0.15) is 0 Å². The molecule has 1 saturated heterocycles. The van der Waals surface area contributed by atoms with Crippen LogP contribution in [0.4, 0.5) is 0 Å². The molecule has 0 aliphatic carbocycles. The third kappa shape index (κ3) is 4.03. The molecule has 1 heteroatoms. The molecular formula is C22H29N. The van der Waals surface area contributed by atoms with Crippen molar-refractivity contribution in [3.63, 3.8) is 0 Å². The molecule has 23 heavy (non-hydrogen) atoms. The maximum atomic E-state index is 2.44. The molecule has 0 unspecified atom stereocenters. The molecule has 0 aromatic heterocycles. The highest BCUT2D eigenvalue weighted by atomic mass is 15.1. The van der Waals surface area contributed by atoms with Gasteiger partial charge < -0.3 is 4.90 Å². The standard InChI is InChI=1S/C22H29N/c1-18-4-6-19(7-5-18)8-9-20-10-12-21(13-11-20)22(2)14-16-23(3)17-15-22/h4-7,10-13H,8-9,14-17H2,1-3H3. The van der Waals surface area contributed by atoms with Crippen LogP contribution in [0.1, 0.15) is 42.0 Å². The van der Waals surface area contributed by atoms with Crippen LogP contribution in [0.15, 0.2) is 48.5 Å². The lowest BCUT2D eigenvalue weighted by atomic mass is 9.74. The van der Waals surface area contributed by atoms with Crippen LogP contribution in [0.25, 0.3) is 0 Å². The fraction of sp³-hybridized carbons (Fsp3) is 0.455. The second-order valence-electron chi connectivity index (χ2n) is 7.55. The molecule has 0 saturated carbocycles. The van der Waals surface area contributed by atoms with Gasteiger partial charge in [0.2, 0.25) is 0 Å². The summed E-state index contributed by atoms with van der Waals surface area (Å²) in [6.07, 6.45) is 4.79. The second-order valence-corrected chi connectivity index (χ2v) is 7.55. The molecule has 0 bridgehead atoms. The Morgan fingerprint density at radius 3 is 1.83 bits per heavy atom. The monoisotopic (exact) mass is 307 g/mol. The second kappa shape index (κ2) is 6.88. The molecule has 1 aliphatic heterocycles. The first-order chi connectivity index (χ1) is 11.0. The van der Waals surface area contributed by atoms with Gasteiger partial charge in [-0.3, -0.25) is 0 Å². The molecule has 1 aliphatic rings. The van der Waals surface area contributed by atoms with Crippen molar-refractivity contribution in [2.45, 2.75) is 44.9 Å². The van der Waals surface area contributed by atoms with Gasteiger partial charge in [-0.1, -0.05) is 61.0 Å². The van der Waals surface area contributed by atoms with Gasteiger partial charge in [-0.25, -0.2) is 0 Å². The highest BCUT2D eigenvalue weighted by Gasteiger charge is 2.30. The van der Waals surface area contributed by atoms with Crippen molar-refractivity contribution in [1.82, 2.24) is 4.90 Å². The van der Waals surface area contributed by atoms with Gasteiger partial charge in [-0.05, 0) is 74.8 Å². The Hall–Kier alpha value is -1.60. The number of aryl methyl sites for hydroxylation is 3. The first-order valence-corrected chi connectivity index (χ1v) is 8.89. The zero-order chi connectivity index (χ0) is 16.3. The fourth-order valence-electron chi connectivity index (χ4n) is 3.52. The van der Waals surface area contributed by atoms with E-state index in [0.717, 1.165) is 12.8 Å². The molecule has 1 fully saturated rings. The van der Waals surface area contributed by atoms with Gasteiger partial charge in [0, 0.05) is 0 Å². The Kier molecular flexibility index (Phi) is 4.87. The SMILES string of the molecule is Cc1ccc(CCc2ccc(C3(C)CCN(C)CC3)cc2)cc1. The van der Waals surface area contributed by atoms with E-state index in [-0.39, 0.29) is 0 Å². The topological polar surface area (TPSA) is 3.24 Å². The maximum absolute atomic E-state index is 2.44. The number of rotatable bonds is 4. The van der Waals surface area contributed by atoms with E-state index in [1.165, 1.54) is 48.2 Å². The summed E-state index contributed by atoms with van der Waals surface area (Å²) in [6, 6.07) is 18.3. The van der Waals surface area contributed by atoms with E-state index in [9.17, 15) is 0 Å². The number of piperidine rings is 1. The molecule has 0 N–H and O–H groups in total. The van der Waals surface area contributed by atoms with Gasteiger partial charge in [0.15, 0.2) is 0 Å². The summed E-state index contributed by atoms with van der Waals surface area (Å²) in [5, 5.41) is 0. The average molecular weight is 307 g/mol. The van der Waals surface area contributed by atoms with E-state index in [1.54, 1.807) is 0 Å². The van der Waals surface area contributed by atoms with Crippen LogP contribution < -0.4 is 0 Å². The zero-order valence-corrected chi connectivity index (χ0v) is 14.8. The van der Waals surface area contributed by atoms with Crippen LogP contribution in [-0.4, -0.2) is 25.0 Å². The first kappa shape index (κ1) is 16.3. The molecule has 0 radical (unpaired) electrons. The van der Waals surface area contributed by atoms with Crippen LogP contribution in [0.5, 0.6) is 0 Å². The first-order valence-electron chi connectivity index (χ1n) is 8.89. The summed E-state index contributed by atoms with van der Waals surface area (Å²) in [7, 11) is 2.23. The van der Waals surface area contributed by atoms with Gasteiger partial charge in [0.05, 0.1) is 0 Å². The summed E-state index contributed by atoms with van der Waals surface area (Å²) in [6.45, 7) is 7.00. The molecule has 0 atom stereocenters. The molecular weight excluding hydrogens is 278 g/mol. The van der Waals surface area contributed by atoms with E-state index >= 15 is 0 Å². The Labute approximate surface area is 141 Å². The predicted molar refractivity (Wildman–Crippen MR) is 99.1 cm³/mol. The molecule has 0 spiro atoms. The largest absolute Gasteiger partial charge is 0.306 e. The van der Waals surface area contributed by atoms with E-state index < -0.39 is 0 Å². The van der Waals surface area contributed by atoms with Crippen molar-refractivity contribution in [3.8, 4) is 0 Å². The Morgan fingerprint density at radius 2 is 1.30 bits per heavy atom. The highest BCUT2D eigenvalue weighted by molar-refractivity contribution is 5.30. The lowest BCUT2D eigenvalue weighted by Crippen LogP contribution is -2.38. The van der Waals surface area contributed by atoms with Crippen molar-refractivity contribution < 1.29 is 0 Å². The van der Waals surface area contributed by atoms with E-state index in [4.69, 9.17) is 0 Å². The van der Waals surface area contributed by atoms with Gasteiger partial charge in [-0.15, -0.1) is 0 Å². The van der Waals surface area contributed by atoms with Crippen LogP contribution in [0.3, 0.4) is 0 Å². The average Bonchev–Trinajstić information content (AvgIpc) is 2.58. The number of hydrogen-bond donors (Lipinski definition) is 0. The number of nitrogens with zero attached hydrogens (tertiary/aromatic N) is 1. The molecule has 122 valence electrons. The summed E-state index contributed by atoms with van der Waals surface area (Å²) in [4.78, 5) is 2.44. The van der Waals surface area contributed by atoms with Crippen molar-refractivity contribution >= 4 is 0 Å². The summed E-state index contributed by atoms with van der Waals surface area (Å²) < 4.78 is 0. The Balaban J connectivity index is 1.62. The lowest BCUT2D eigenvalue weighted by molar-refractivity contribution is 0.200. The minimum absolute atomic E-state index is 0.363. The van der Waals surface area contributed by atoms with Gasteiger partial charge >= 0.3 is 0 Å². The third-order valence-corrected chi connectivity index (χ3v) is 5.56. The summed E-state index contributed by atoms with van der Waals surface area (Å²) in [5.41, 5.74) is 6.10. The minimum atomic E-state index is 0.363. The van der Waals surface area contributed by atoms with Crippen LogP contribution in [-0.2, 0) is 18.3 Å². The maximum Gasteiger partial charge on any atom is -0.00134 e. The highest BCUT2D eigenvalue weighted by Crippen LogP contribution is 2.34. The van der Waals surface area contributed by atoms with Crippen molar-refractivity contribution in [2.24, 2.45) is 0 Å².